The van der Waals surface area contributed by atoms with Gasteiger partial charge in [0, 0.05) is 6.54 Å². The highest BCUT2D eigenvalue weighted by atomic mass is 19.1. The zero-order chi connectivity index (χ0) is 10.4. The number of halogens is 1. The summed E-state index contributed by atoms with van der Waals surface area (Å²) >= 11 is 0. The third-order valence-electron chi connectivity index (χ3n) is 1.99. The highest BCUT2D eigenvalue weighted by Gasteiger charge is 1.95. The molecule has 3 heteroatoms. The van der Waals surface area contributed by atoms with Crippen molar-refractivity contribution in [3.63, 3.8) is 0 Å². The zero-order valence-electron chi connectivity index (χ0n) is 8.76. The first kappa shape index (κ1) is 11.0. The Morgan fingerprint density at radius 2 is 2.21 bits per heavy atom. The predicted molar refractivity (Wildman–Crippen MR) is 56.8 cm³/mol. The maximum Gasteiger partial charge on any atom is 0.141 e. The van der Waals surface area contributed by atoms with Gasteiger partial charge in [-0.3, -0.25) is 0 Å². The molecule has 0 fully saturated rings. The molecule has 0 bridgehead atoms. The molecule has 0 unspecified atom stereocenters. The molecule has 0 saturated carbocycles. The molecule has 0 atom stereocenters. The van der Waals surface area contributed by atoms with E-state index in [1.54, 1.807) is 6.07 Å². The third-order valence-corrected chi connectivity index (χ3v) is 1.99. The molecule has 1 N–H and O–H groups in total. The van der Waals surface area contributed by atoms with Crippen LogP contribution in [0.5, 0.6) is 0 Å². The number of rotatable bonds is 5. The smallest absolute Gasteiger partial charge is 0.141 e. The molecule has 0 spiro atoms. The van der Waals surface area contributed by atoms with Crippen molar-refractivity contribution in [3.05, 3.63) is 24.1 Å². The Labute approximate surface area is 84.6 Å². The van der Waals surface area contributed by atoms with Gasteiger partial charge in [-0.1, -0.05) is 13.8 Å². The first-order chi connectivity index (χ1) is 6.68. The Morgan fingerprint density at radius 3 is 2.79 bits per heavy atom. The lowest BCUT2D eigenvalue weighted by Gasteiger charge is -2.06. The van der Waals surface area contributed by atoms with Gasteiger partial charge in [-0.2, -0.15) is 0 Å². The van der Waals surface area contributed by atoms with Crippen molar-refractivity contribution in [1.82, 2.24) is 4.98 Å². The van der Waals surface area contributed by atoms with E-state index in [1.807, 2.05) is 0 Å². The Kier molecular flexibility index (Phi) is 4.36. The lowest BCUT2D eigenvalue weighted by Crippen LogP contribution is -2.04. The van der Waals surface area contributed by atoms with E-state index in [0.717, 1.165) is 24.7 Å². The van der Waals surface area contributed by atoms with Crippen molar-refractivity contribution in [1.29, 1.82) is 0 Å². The van der Waals surface area contributed by atoms with Crippen LogP contribution in [0.2, 0.25) is 0 Å². The van der Waals surface area contributed by atoms with Gasteiger partial charge >= 0.3 is 0 Å². The molecule has 1 aromatic heterocycles. The Hall–Kier alpha value is -1.12. The molecular weight excluding hydrogens is 179 g/mol. The summed E-state index contributed by atoms with van der Waals surface area (Å²) in [4.78, 5) is 3.91. The number of anilines is 1. The van der Waals surface area contributed by atoms with Crippen molar-refractivity contribution in [2.45, 2.75) is 26.7 Å². The number of hydrogen-bond donors (Lipinski definition) is 1. The van der Waals surface area contributed by atoms with Crippen LogP contribution in [0.3, 0.4) is 0 Å². The molecule has 0 radical (unpaired) electrons. The molecule has 0 aliphatic rings. The summed E-state index contributed by atoms with van der Waals surface area (Å²) < 4.78 is 12.5. The molecule has 0 amide bonds. The zero-order valence-corrected chi connectivity index (χ0v) is 8.76. The summed E-state index contributed by atoms with van der Waals surface area (Å²) in [5.41, 5.74) is 0. The van der Waals surface area contributed by atoms with Gasteiger partial charge < -0.3 is 5.32 Å². The van der Waals surface area contributed by atoms with Gasteiger partial charge in [0.15, 0.2) is 0 Å². The van der Waals surface area contributed by atoms with Gasteiger partial charge in [0.1, 0.15) is 11.6 Å². The van der Waals surface area contributed by atoms with E-state index < -0.39 is 0 Å². The van der Waals surface area contributed by atoms with Crippen LogP contribution in [-0.2, 0) is 0 Å². The van der Waals surface area contributed by atoms with Crippen LogP contribution in [0.1, 0.15) is 26.7 Å². The second-order valence-electron chi connectivity index (χ2n) is 3.82. The number of pyridine rings is 1. The quantitative estimate of drug-likeness (QED) is 0.732. The highest BCUT2D eigenvalue weighted by Crippen LogP contribution is 2.06. The van der Waals surface area contributed by atoms with Crippen molar-refractivity contribution in [3.8, 4) is 0 Å². The lowest BCUT2D eigenvalue weighted by molar-refractivity contribution is 0.566. The summed E-state index contributed by atoms with van der Waals surface area (Å²) in [5.74, 6) is 1.19. The van der Waals surface area contributed by atoms with Crippen molar-refractivity contribution in [2.75, 3.05) is 11.9 Å². The minimum atomic E-state index is -0.294. The average molecular weight is 196 g/mol. The molecule has 14 heavy (non-hydrogen) atoms. The van der Waals surface area contributed by atoms with E-state index >= 15 is 0 Å². The fourth-order valence-corrected chi connectivity index (χ4v) is 1.21. The minimum Gasteiger partial charge on any atom is -0.370 e. The number of hydrogen-bond acceptors (Lipinski definition) is 2. The molecule has 78 valence electrons. The van der Waals surface area contributed by atoms with Crippen LogP contribution in [0, 0.1) is 11.7 Å². The standard InChI is InChI=1S/C11H17FN2/c1-9(2)4-3-7-13-11-6-5-10(12)8-14-11/h5-6,8-9H,3-4,7H2,1-2H3,(H,13,14). The number of aromatic nitrogens is 1. The monoisotopic (exact) mass is 196 g/mol. The summed E-state index contributed by atoms with van der Waals surface area (Å²) in [5, 5.41) is 3.15. The average Bonchev–Trinajstić information content (AvgIpc) is 2.15. The largest absolute Gasteiger partial charge is 0.370 e. The van der Waals surface area contributed by atoms with E-state index in [2.05, 4.69) is 24.1 Å². The minimum absolute atomic E-state index is 0.294. The maximum atomic E-state index is 12.5. The van der Waals surface area contributed by atoms with Crippen LogP contribution in [0.4, 0.5) is 10.2 Å². The van der Waals surface area contributed by atoms with Crippen LogP contribution >= 0.6 is 0 Å². The van der Waals surface area contributed by atoms with E-state index in [-0.39, 0.29) is 5.82 Å². The molecule has 0 aliphatic carbocycles. The molecule has 0 aliphatic heterocycles. The summed E-state index contributed by atoms with van der Waals surface area (Å²) in [6, 6.07) is 3.07. The van der Waals surface area contributed by atoms with Gasteiger partial charge in [-0.15, -0.1) is 0 Å². The second kappa shape index (κ2) is 5.58. The number of nitrogens with one attached hydrogen (secondary N) is 1. The fourth-order valence-electron chi connectivity index (χ4n) is 1.21. The predicted octanol–water partition coefficient (Wildman–Crippen LogP) is 3.07. The van der Waals surface area contributed by atoms with Crippen LogP contribution in [0.15, 0.2) is 18.3 Å². The maximum absolute atomic E-state index is 12.5. The fraction of sp³-hybridized carbons (Fsp3) is 0.545. The Balaban J connectivity index is 2.21. The van der Waals surface area contributed by atoms with Crippen LogP contribution < -0.4 is 5.32 Å². The second-order valence-corrected chi connectivity index (χ2v) is 3.82. The van der Waals surface area contributed by atoms with Crippen molar-refractivity contribution < 1.29 is 4.39 Å². The van der Waals surface area contributed by atoms with Gasteiger partial charge in [-0.05, 0) is 30.9 Å². The molecule has 0 saturated heterocycles. The Morgan fingerprint density at radius 1 is 1.43 bits per heavy atom. The number of nitrogens with zero attached hydrogens (tertiary/aromatic N) is 1. The lowest BCUT2D eigenvalue weighted by atomic mass is 10.1. The van der Waals surface area contributed by atoms with Gasteiger partial charge in [-0.25, -0.2) is 9.37 Å². The van der Waals surface area contributed by atoms with E-state index in [4.69, 9.17) is 0 Å². The van der Waals surface area contributed by atoms with Gasteiger partial charge in [0.25, 0.3) is 0 Å². The SMILES string of the molecule is CC(C)CCCNc1ccc(F)cn1. The molecule has 1 aromatic rings. The van der Waals surface area contributed by atoms with E-state index in [1.165, 1.54) is 18.7 Å². The van der Waals surface area contributed by atoms with E-state index in [0.29, 0.717) is 0 Å². The summed E-state index contributed by atoms with van der Waals surface area (Å²) in [7, 11) is 0. The van der Waals surface area contributed by atoms with Gasteiger partial charge in [0.2, 0.25) is 0 Å². The van der Waals surface area contributed by atoms with Crippen LogP contribution in [-0.4, -0.2) is 11.5 Å². The topological polar surface area (TPSA) is 24.9 Å². The molecular formula is C11H17FN2. The van der Waals surface area contributed by atoms with Crippen LogP contribution in [0.25, 0.3) is 0 Å². The summed E-state index contributed by atoms with van der Waals surface area (Å²) in [6.07, 6.45) is 3.55. The van der Waals surface area contributed by atoms with Gasteiger partial charge in [0.05, 0.1) is 6.20 Å². The van der Waals surface area contributed by atoms with E-state index in [9.17, 15) is 4.39 Å². The molecule has 2 nitrogen and oxygen atoms in total. The normalized spacial score (nSPS) is 10.6. The van der Waals surface area contributed by atoms with Crippen molar-refractivity contribution in [2.24, 2.45) is 5.92 Å². The Bertz CT molecular complexity index is 256. The van der Waals surface area contributed by atoms with Crippen molar-refractivity contribution >= 4 is 5.82 Å². The molecule has 1 rings (SSSR count). The molecule has 0 aromatic carbocycles. The summed E-state index contributed by atoms with van der Waals surface area (Å²) in [6.45, 7) is 5.31. The third kappa shape index (κ3) is 4.21. The molecule has 1 heterocycles. The first-order valence-corrected chi connectivity index (χ1v) is 5.04. The first-order valence-electron chi connectivity index (χ1n) is 5.04. The highest BCUT2D eigenvalue weighted by molar-refractivity contribution is 5.33.